The smallest absolute Gasteiger partial charge is 0.243 e. The van der Waals surface area contributed by atoms with E-state index in [-0.39, 0.29) is 77.8 Å². The monoisotopic (exact) mass is 503 g/mol. The van der Waals surface area contributed by atoms with Gasteiger partial charge >= 0.3 is 23.3 Å². The summed E-state index contributed by atoms with van der Waals surface area (Å²) in [5.74, 6) is 0. The highest BCUT2D eigenvalue weighted by atomic mass is 32.3. The minimum Gasteiger partial charge on any atom is -0.243 e. The van der Waals surface area contributed by atoms with E-state index in [0.717, 1.165) is 12.9 Å². The van der Waals surface area contributed by atoms with Crippen molar-refractivity contribution < 1.29 is 39.5 Å². The molecule has 0 amide bonds. The third-order valence-electron chi connectivity index (χ3n) is 6.63. The number of nitrogens with zero attached hydrogens (tertiary/aromatic N) is 3. The lowest BCUT2D eigenvalue weighted by atomic mass is 10.1. The van der Waals surface area contributed by atoms with Crippen molar-refractivity contribution >= 4 is 10.6 Å². The maximum atomic E-state index is 14.6. The Labute approximate surface area is 184 Å². The predicted molar refractivity (Wildman–Crippen MR) is 105 cm³/mol. The highest BCUT2D eigenvalue weighted by Crippen LogP contribution is 2.79. The first-order valence-electron chi connectivity index (χ1n) is 11.1. The lowest BCUT2D eigenvalue weighted by Crippen LogP contribution is -2.76. The highest BCUT2D eigenvalue weighted by Gasteiger charge is 2.92. The third-order valence-corrected chi connectivity index (χ3v) is 11.4. The van der Waals surface area contributed by atoms with Gasteiger partial charge in [0.1, 0.15) is 0 Å². The predicted octanol–water partition coefficient (Wildman–Crippen LogP) is 6.42. The summed E-state index contributed by atoms with van der Waals surface area (Å²) in [6, 6.07) is 0. The van der Waals surface area contributed by atoms with Crippen LogP contribution in [0.2, 0.25) is 0 Å². The molecule has 0 atom stereocenters. The van der Waals surface area contributed by atoms with Crippen LogP contribution in [-0.2, 0) is 0 Å². The number of hydrogen-bond acceptors (Lipinski definition) is 3. The van der Waals surface area contributed by atoms with Crippen molar-refractivity contribution in [3.63, 3.8) is 0 Å². The average Bonchev–Trinajstić information content (AvgIpc) is 2.71. The van der Waals surface area contributed by atoms with E-state index in [0.29, 0.717) is 19.3 Å². The van der Waals surface area contributed by atoms with Gasteiger partial charge in [-0.2, -0.15) is 39.5 Å². The Hall–Kier alpha value is -0.400. The van der Waals surface area contributed by atoms with Gasteiger partial charge in [0.15, 0.2) is 0 Å². The number of hydrogen-bond donors (Lipinski definition) is 0. The molecule has 3 saturated heterocycles. The standard InChI is InChI=1S/C19H30F9N3S/c20-17(21,22)16(18(23,24)25,19(26,27)28)32(29-10-4-1-5-11-29,30-12-6-2-7-13-30)31-14-8-3-9-15-31/h1-15H2. The first kappa shape index (κ1) is 26.2. The van der Waals surface area contributed by atoms with Crippen molar-refractivity contribution in [2.75, 3.05) is 39.3 Å². The molecule has 0 saturated carbocycles. The molecule has 3 rings (SSSR count). The normalized spacial score (nSPS) is 25.2. The molecule has 190 valence electrons. The van der Waals surface area contributed by atoms with Gasteiger partial charge in [-0.3, -0.25) is 0 Å². The second-order valence-corrected chi connectivity index (χ2v) is 11.9. The van der Waals surface area contributed by atoms with Gasteiger partial charge in [-0.25, -0.2) is 12.9 Å². The molecule has 0 aromatic carbocycles. The SMILES string of the molecule is FC(F)(F)C(C(F)(F)F)(C(F)(F)F)S(N1CCCCC1)(N1CCCCC1)N1CCCCC1. The molecule has 0 unspecified atom stereocenters. The van der Waals surface area contributed by atoms with Crippen molar-refractivity contribution in [1.82, 2.24) is 12.9 Å². The lowest BCUT2D eigenvalue weighted by Gasteiger charge is -2.69. The fourth-order valence-corrected chi connectivity index (χ4v) is 10.8. The van der Waals surface area contributed by atoms with Gasteiger partial charge in [0.05, 0.1) is 0 Å². The van der Waals surface area contributed by atoms with Crippen LogP contribution in [0.5, 0.6) is 0 Å². The fourth-order valence-electron chi connectivity index (χ4n) is 5.38. The van der Waals surface area contributed by atoms with E-state index in [9.17, 15) is 39.5 Å². The molecule has 0 aromatic heterocycles. The summed E-state index contributed by atoms with van der Waals surface area (Å²) in [5, 5.41) is 0. The maximum Gasteiger partial charge on any atom is 0.423 e. The molecule has 0 aliphatic carbocycles. The Balaban J connectivity index is 2.42. The average molecular weight is 504 g/mol. The second kappa shape index (κ2) is 9.33. The molecule has 0 spiro atoms. The van der Waals surface area contributed by atoms with Crippen LogP contribution in [0.25, 0.3) is 0 Å². The van der Waals surface area contributed by atoms with Crippen LogP contribution in [0, 0.1) is 0 Å². The van der Waals surface area contributed by atoms with E-state index < -0.39 is 33.9 Å². The first-order chi connectivity index (χ1) is 14.8. The first-order valence-corrected chi connectivity index (χ1v) is 12.6. The van der Waals surface area contributed by atoms with E-state index in [1.807, 2.05) is 0 Å². The Bertz CT molecular complexity index is 535. The van der Waals surface area contributed by atoms with Crippen LogP contribution in [0.1, 0.15) is 57.8 Å². The summed E-state index contributed by atoms with van der Waals surface area (Å²) in [7, 11) is -4.75. The Morgan fingerprint density at radius 3 is 0.781 bits per heavy atom. The highest BCUT2D eigenvalue weighted by molar-refractivity contribution is 8.29. The Morgan fingerprint density at radius 2 is 0.594 bits per heavy atom. The molecule has 3 nitrogen and oxygen atoms in total. The molecule has 3 aliphatic heterocycles. The summed E-state index contributed by atoms with van der Waals surface area (Å²) >= 11 is 0. The van der Waals surface area contributed by atoms with Gasteiger partial charge in [0, 0.05) is 39.3 Å². The minimum absolute atomic E-state index is 0.202. The van der Waals surface area contributed by atoms with E-state index >= 15 is 0 Å². The van der Waals surface area contributed by atoms with Gasteiger partial charge in [-0.1, -0.05) is 19.3 Å². The Morgan fingerprint density at radius 1 is 0.375 bits per heavy atom. The van der Waals surface area contributed by atoms with Crippen LogP contribution in [0.3, 0.4) is 0 Å². The number of halogens is 9. The summed E-state index contributed by atoms with van der Waals surface area (Å²) in [5.41, 5.74) is 0. The fraction of sp³-hybridized carbons (Fsp3) is 1.00. The lowest BCUT2D eigenvalue weighted by molar-refractivity contribution is -0.349. The molecule has 0 radical (unpaired) electrons. The number of alkyl halides is 9. The van der Waals surface area contributed by atoms with Crippen LogP contribution in [-0.4, -0.2) is 75.5 Å². The molecule has 3 heterocycles. The summed E-state index contributed by atoms with van der Waals surface area (Å²) in [6.07, 6.45) is -16.3. The van der Waals surface area contributed by atoms with Crippen molar-refractivity contribution in [3.8, 4) is 0 Å². The molecular weight excluding hydrogens is 473 g/mol. The minimum atomic E-state index is -6.56. The molecule has 32 heavy (non-hydrogen) atoms. The van der Waals surface area contributed by atoms with E-state index in [2.05, 4.69) is 0 Å². The molecule has 3 fully saturated rings. The third kappa shape index (κ3) is 4.02. The van der Waals surface area contributed by atoms with Crippen LogP contribution in [0.4, 0.5) is 39.5 Å². The van der Waals surface area contributed by atoms with Crippen LogP contribution < -0.4 is 0 Å². The second-order valence-electron chi connectivity index (χ2n) is 8.66. The number of piperidine rings is 3. The molecule has 3 aliphatic rings. The Kier molecular flexibility index (Phi) is 7.64. The molecule has 13 heteroatoms. The quantitative estimate of drug-likeness (QED) is 0.410. The zero-order valence-electron chi connectivity index (χ0n) is 17.8. The zero-order chi connectivity index (χ0) is 23.8. The molecule has 0 aromatic rings. The van der Waals surface area contributed by atoms with Gasteiger partial charge in [0.2, 0.25) is 0 Å². The molecule has 0 N–H and O–H groups in total. The van der Waals surface area contributed by atoms with E-state index in [1.165, 1.54) is 0 Å². The largest absolute Gasteiger partial charge is 0.423 e. The number of rotatable bonds is 4. The van der Waals surface area contributed by atoms with E-state index in [1.54, 1.807) is 0 Å². The van der Waals surface area contributed by atoms with Crippen LogP contribution >= 0.6 is 10.6 Å². The van der Waals surface area contributed by atoms with Crippen LogP contribution in [0.15, 0.2) is 0 Å². The van der Waals surface area contributed by atoms with Gasteiger partial charge in [-0.05, 0) is 49.1 Å². The van der Waals surface area contributed by atoms with Crippen molar-refractivity contribution in [2.24, 2.45) is 0 Å². The van der Waals surface area contributed by atoms with Gasteiger partial charge < -0.3 is 0 Å². The van der Waals surface area contributed by atoms with E-state index in [4.69, 9.17) is 0 Å². The summed E-state index contributed by atoms with van der Waals surface area (Å²) in [6.45, 7) is -1.21. The van der Waals surface area contributed by atoms with Crippen molar-refractivity contribution in [3.05, 3.63) is 0 Å². The van der Waals surface area contributed by atoms with Gasteiger partial charge in [0.25, 0.3) is 0 Å². The molecular formula is C19H30F9N3S. The van der Waals surface area contributed by atoms with Crippen molar-refractivity contribution in [2.45, 2.75) is 81.1 Å². The maximum absolute atomic E-state index is 14.6. The summed E-state index contributed by atoms with van der Waals surface area (Å²) < 4.78 is 129. The topological polar surface area (TPSA) is 9.72 Å². The van der Waals surface area contributed by atoms with Crippen molar-refractivity contribution in [1.29, 1.82) is 0 Å². The summed E-state index contributed by atoms with van der Waals surface area (Å²) in [4.78, 5) is 0. The molecule has 0 bridgehead atoms. The van der Waals surface area contributed by atoms with Gasteiger partial charge in [-0.15, -0.1) is 0 Å². The zero-order valence-corrected chi connectivity index (χ0v) is 18.6.